The van der Waals surface area contributed by atoms with Crippen molar-refractivity contribution in [3.05, 3.63) is 12.2 Å². The Balaban J connectivity index is 1.77. The normalized spacial score (nSPS) is 21.0. The van der Waals surface area contributed by atoms with Gasteiger partial charge in [-0.15, -0.1) is 0 Å². The number of carbonyl (C=O) groups is 1. The van der Waals surface area contributed by atoms with Crippen molar-refractivity contribution in [1.29, 1.82) is 0 Å². The highest BCUT2D eigenvalue weighted by Gasteiger charge is 2.36. The summed E-state index contributed by atoms with van der Waals surface area (Å²) in [7, 11) is 0. The molecule has 0 aromatic heterocycles. The number of ether oxygens (including phenoxy) is 1. The average Bonchev–Trinajstić information content (AvgIpc) is 3.19. The second-order valence-corrected chi connectivity index (χ2v) is 6.15. The lowest BCUT2D eigenvalue weighted by molar-refractivity contribution is -0.131. The minimum absolute atomic E-state index is 0.572. The van der Waals surface area contributed by atoms with E-state index in [0.717, 1.165) is 12.8 Å². The maximum Gasteiger partial charge on any atom is 0.327 e. The van der Waals surface area contributed by atoms with Crippen LogP contribution in [0.4, 0.5) is 0 Å². The van der Waals surface area contributed by atoms with Crippen LogP contribution < -0.4 is 0 Å². The quantitative estimate of drug-likeness (QED) is 0.276. The van der Waals surface area contributed by atoms with Gasteiger partial charge in [0.2, 0.25) is 0 Å². The van der Waals surface area contributed by atoms with Crippen LogP contribution in [0.3, 0.4) is 0 Å². The first kappa shape index (κ1) is 18.2. The summed E-state index contributed by atoms with van der Waals surface area (Å²) in [6.07, 6.45) is 19.0. The summed E-state index contributed by atoms with van der Waals surface area (Å²) >= 11 is 0. The number of allylic oxidation sites excluding steroid dienone is 1. The molecule has 1 rings (SSSR count). The third-order valence-electron chi connectivity index (χ3n) is 4.15. The number of hydrogen-bond donors (Lipinski definition) is 1. The molecule has 1 N–H and O–H groups in total. The van der Waals surface area contributed by atoms with Crippen molar-refractivity contribution in [2.45, 2.75) is 96.2 Å². The molecule has 0 spiro atoms. The highest BCUT2D eigenvalue weighted by Crippen LogP contribution is 2.31. The van der Waals surface area contributed by atoms with Crippen molar-refractivity contribution in [3.8, 4) is 0 Å². The Hall–Kier alpha value is -0.830. The molecule has 0 saturated carbocycles. The molecule has 21 heavy (non-hydrogen) atoms. The molecule has 0 aromatic rings. The smallest absolute Gasteiger partial charge is 0.327 e. The molecule has 122 valence electrons. The van der Waals surface area contributed by atoms with E-state index in [1.807, 2.05) is 0 Å². The van der Waals surface area contributed by atoms with Crippen molar-refractivity contribution in [1.82, 2.24) is 0 Å². The molecule has 3 heteroatoms. The van der Waals surface area contributed by atoms with E-state index in [9.17, 15) is 4.79 Å². The monoisotopic (exact) mass is 296 g/mol. The van der Waals surface area contributed by atoms with E-state index in [1.165, 1.54) is 70.3 Å². The molecule has 3 nitrogen and oxygen atoms in total. The Morgan fingerprint density at radius 3 is 2.14 bits per heavy atom. The predicted octanol–water partition coefficient (Wildman–Crippen LogP) is 5.10. The van der Waals surface area contributed by atoms with Crippen molar-refractivity contribution in [3.63, 3.8) is 0 Å². The van der Waals surface area contributed by atoms with Gasteiger partial charge in [0.1, 0.15) is 0 Å². The standard InChI is InChI=1S/C18H32O3/c1-2-3-10-13-16-17(21-16)14-11-8-6-4-5-7-9-12-15-18(19)20/h12,15-17H,2-11,13-14H2,1H3,(H,19,20)/t16-,17+/m1/s1. The van der Waals surface area contributed by atoms with Crippen LogP contribution in [0.5, 0.6) is 0 Å². The Morgan fingerprint density at radius 2 is 1.52 bits per heavy atom. The van der Waals surface area contributed by atoms with Gasteiger partial charge in [-0.1, -0.05) is 64.4 Å². The van der Waals surface area contributed by atoms with Gasteiger partial charge in [-0.2, -0.15) is 0 Å². The zero-order valence-electron chi connectivity index (χ0n) is 13.6. The lowest BCUT2D eigenvalue weighted by atomic mass is 10.0. The predicted molar refractivity (Wildman–Crippen MR) is 86.5 cm³/mol. The number of epoxide rings is 1. The van der Waals surface area contributed by atoms with Crippen molar-refractivity contribution < 1.29 is 14.6 Å². The number of unbranched alkanes of at least 4 members (excludes halogenated alkanes) is 8. The first-order valence-electron chi connectivity index (χ1n) is 8.79. The van der Waals surface area contributed by atoms with Crippen LogP contribution in [0.2, 0.25) is 0 Å². The first-order valence-corrected chi connectivity index (χ1v) is 8.79. The second kappa shape index (κ2) is 11.8. The molecule has 0 aliphatic carbocycles. The molecule has 0 bridgehead atoms. The van der Waals surface area contributed by atoms with Crippen molar-refractivity contribution in [2.75, 3.05) is 0 Å². The molecular formula is C18H32O3. The van der Waals surface area contributed by atoms with Crippen molar-refractivity contribution in [2.24, 2.45) is 0 Å². The van der Waals surface area contributed by atoms with Gasteiger partial charge in [-0.05, 0) is 25.7 Å². The fraction of sp³-hybridized carbons (Fsp3) is 0.833. The Kier molecular flexibility index (Phi) is 10.2. The molecular weight excluding hydrogens is 264 g/mol. The number of hydrogen-bond acceptors (Lipinski definition) is 2. The fourth-order valence-corrected chi connectivity index (χ4v) is 2.78. The number of carboxylic acids is 1. The summed E-state index contributed by atoms with van der Waals surface area (Å²) in [5.74, 6) is -0.842. The molecule has 0 aromatic carbocycles. The minimum Gasteiger partial charge on any atom is -0.478 e. The summed E-state index contributed by atoms with van der Waals surface area (Å²) in [4.78, 5) is 10.3. The van der Waals surface area contributed by atoms with E-state index in [4.69, 9.17) is 9.84 Å². The third-order valence-corrected chi connectivity index (χ3v) is 4.15. The first-order chi connectivity index (χ1) is 10.2. The summed E-state index contributed by atoms with van der Waals surface area (Å²) in [5, 5.41) is 8.45. The Bertz CT molecular complexity index is 299. The number of rotatable bonds is 14. The van der Waals surface area contributed by atoms with Crippen LogP contribution in [-0.2, 0) is 9.53 Å². The average molecular weight is 296 g/mol. The maximum atomic E-state index is 10.3. The Labute approximate surface area is 129 Å². The van der Waals surface area contributed by atoms with Crippen LogP contribution >= 0.6 is 0 Å². The SMILES string of the molecule is CCCCC[C@H]1O[C@H]1CCCCCCCCC=CC(=O)O. The zero-order chi connectivity index (χ0) is 15.3. The topological polar surface area (TPSA) is 49.8 Å². The van der Waals surface area contributed by atoms with Gasteiger partial charge in [-0.3, -0.25) is 0 Å². The van der Waals surface area contributed by atoms with Crippen LogP contribution in [0.1, 0.15) is 84.0 Å². The van der Waals surface area contributed by atoms with E-state index in [0.29, 0.717) is 12.2 Å². The summed E-state index contributed by atoms with van der Waals surface area (Å²) in [5.41, 5.74) is 0. The molecule has 1 saturated heterocycles. The maximum absolute atomic E-state index is 10.3. The Morgan fingerprint density at radius 1 is 0.952 bits per heavy atom. The second-order valence-electron chi connectivity index (χ2n) is 6.15. The highest BCUT2D eigenvalue weighted by molar-refractivity contribution is 5.79. The lowest BCUT2D eigenvalue weighted by Crippen LogP contribution is -1.94. The van der Waals surface area contributed by atoms with Crippen molar-refractivity contribution >= 4 is 5.97 Å². The van der Waals surface area contributed by atoms with E-state index in [2.05, 4.69) is 6.92 Å². The van der Waals surface area contributed by atoms with Crippen LogP contribution in [0.25, 0.3) is 0 Å². The molecule has 0 radical (unpaired) electrons. The van der Waals surface area contributed by atoms with E-state index in [1.54, 1.807) is 6.08 Å². The minimum atomic E-state index is -0.842. The van der Waals surface area contributed by atoms with Crippen LogP contribution in [-0.4, -0.2) is 23.3 Å². The largest absolute Gasteiger partial charge is 0.478 e. The molecule has 1 heterocycles. The molecule has 1 fully saturated rings. The molecule has 2 atom stereocenters. The van der Waals surface area contributed by atoms with Gasteiger partial charge in [-0.25, -0.2) is 4.79 Å². The fourth-order valence-electron chi connectivity index (χ4n) is 2.78. The van der Waals surface area contributed by atoms with Crippen LogP contribution in [0, 0.1) is 0 Å². The van der Waals surface area contributed by atoms with Gasteiger partial charge in [0.05, 0.1) is 12.2 Å². The molecule has 0 unspecified atom stereocenters. The molecule has 0 amide bonds. The van der Waals surface area contributed by atoms with Gasteiger partial charge in [0.25, 0.3) is 0 Å². The lowest BCUT2D eigenvalue weighted by Gasteiger charge is -2.00. The highest BCUT2D eigenvalue weighted by atomic mass is 16.6. The summed E-state index contributed by atoms with van der Waals surface area (Å²) < 4.78 is 5.70. The van der Waals surface area contributed by atoms with E-state index in [-0.39, 0.29) is 0 Å². The molecule has 1 aliphatic heterocycles. The van der Waals surface area contributed by atoms with Crippen LogP contribution in [0.15, 0.2) is 12.2 Å². The van der Waals surface area contributed by atoms with Gasteiger partial charge in [0, 0.05) is 6.08 Å². The van der Waals surface area contributed by atoms with E-state index < -0.39 is 5.97 Å². The van der Waals surface area contributed by atoms with Gasteiger partial charge >= 0.3 is 5.97 Å². The summed E-state index contributed by atoms with van der Waals surface area (Å²) in [6.45, 7) is 2.24. The van der Waals surface area contributed by atoms with Gasteiger partial charge < -0.3 is 9.84 Å². The number of carboxylic acid groups (broad SMARTS) is 1. The molecule has 1 aliphatic rings. The van der Waals surface area contributed by atoms with Gasteiger partial charge in [0.15, 0.2) is 0 Å². The summed E-state index contributed by atoms with van der Waals surface area (Å²) in [6, 6.07) is 0. The zero-order valence-corrected chi connectivity index (χ0v) is 13.6. The number of aliphatic carboxylic acids is 1. The third kappa shape index (κ3) is 10.5. The van der Waals surface area contributed by atoms with E-state index >= 15 is 0 Å².